The van der Waals surface area contributed by atoms with Gasteiger partial charge in [0.25, 0.3) is 0 Å². The number of piperidine rings is 1. The van der Waals surface area contributed by atoms with Crippen molar-refractivity contribution in [2.24, 2.45) is 5.92 Å². The van der Waals surface area contributed by atoms with Gasteiger partial charge in [-0.25, -0.2) is 8.42 Å². The fourth-order valence-electron chi connectivity index (χ4n) is 3.98. The van der Waals surface area contributed by atoms with Crippen LogP contribution in [0.2, 0.25) is 5.02 Å². The van der Waals surface area contributed by atoms with Gasteiger partial charge >= 0.3 is 0 Å². The van der Waals surface area contributed by atoms with Crippen LogP contribution in [0.3, 0.4) is 0 Å². The summed E-state index contributed by atoms with van der Waals surface area (Å²) in [5.74, 6) is 0.823. The molecule has 3 rings (SSSR count). The van der Waals surface area contributed by atoms with Crippen molar-refractivity contribution in [2.45, 2.75) is 56.0 Å². The third kappa shape index (κ3) is 3.79. The summed E-state index contributed by atoms with van der Waals surface area (Å²) in [5.41, 5.74) is 0. The Balaban J connectivity index is 1.66. The highest BCUT2D eigenvalue weighted by Crippen LogP contribution is 2.32. The van der Waals surface area contributed by atoms with E-state index in [1.807, 2.05) is 0 Å². The quantitative estimate of drug-likeness (QED) is 0.812. The molecule has 1 saturated carbocycles. The third-order valence-electron chi connectivity index (χ3n) is 5.70. The van der Waals surface area contributed by atoms with E-state index in [1.165, 1.54) is 18.9 Å². The molecule has 1 aromatic carbocycles. The summed E-state index contributed by atoms with van der Waals surface area (Å²) in [6, 6.07) is 7.15. The van der Waals surface area contributed by atoms with Crippen molar-refractivity contribution in [3.8, 4) is 0 Å². The number of halogens is 1. The molecule has 1 aromatic rings. The minimum absolute atomic E-state index is 0.0818. The average Bonchev–Trinajstić information content (AvgIpc) is 3.04. The van der Waals surface area contributed by atoms with Crippen molar-refractivity contribution in [3.63, 3.8) is 0 Å². The Morgan fingerprint density at radius 3 is 2.54 bits per heavy atom. The first-order valence-electron chi connectivity index (χ1n) is 8.85. The van der Waals surface area contributed by atoms with Crippen LogP contribution >= 0.6 is 11.6 Å². The van der Waals surface area contributed by atoms with Gasteiger partial charge in [-0.3, -0.25) is 0 Å². The Kier molecular flexibility index (Phi) is 5.55. The maximum absolute atomic E-state index is 12.9. The first-order chi connectivity index (χ1) is 11.4. The van der Waals surface area contributed by atoms with Crippen LogP contribution in [0.25, 0.3) is 0 Å². The maximum atomic E-state index is 12.9. The summed E-state index contributed by atoms with van der Waals surface area (Å²) in [4.78, 5) is 2.85. The van der Waals surface area contributed by atoms with E-state index in [2.05, 4.69) is 11.8 Å². The minimum Gasteiger partial charge on any atom is -0.300 e. The highest BCUT2D eigenvalue weighted by molar-refractivity contribution is 7.89. The Bertz CT molecular complexity index is 671. The zero-order valence-electron chi connectivity index (χ0n) is 14.5. The van der Waals surface area contributed by atoms with Crippen LogP contribution in [0.1, 0.15) is 39.0 Å². The van der Waals surface area contributed by atoms with E-state index in [-0.39, 0.29) is 10.9 Å². The Morgan fingerprint density at radius 1 is 1.17 bits per heavy atom. The molecule has 4 nitrogen and oxygen atoms in total. The summed E-state index contributed by atoms with van der Waals surface area (Å²) in [6.07, 6.45) is 5.49. The topological polar surface area (TPSA) is 40.6 Å². The normalized spacial score (nSPS) is 27.0. The van der Waals surface area contributed by atoms with E-state index in [0.29, 0.717) is 11.1 Å². The molecule has 1 aliphatic carbocycles. The number of rotatable bonds is 4. The first-order valence-corrected chi connectivity index (χ1v) is 10.7. The van der Waals surface area contributed by atoms with Gasteiger partial charge in [0.2, 0.25) is 10.0 Å². The molecule has 0 amide bonds. The second-order valence-electron chi connectivity index (χ2n) is 7.32. The summed E-state index contributed by atoms with van der Waals surface area (Å²) < 4.78 is 27.3. The van der Waals surface area contributed by atoms with Crippen molar-refractivity contribution >= 4 is 21.6 Å². The van der Waals surface area contributed by atoms with Gasteiger partial charge in [-0.2, -0.15) is 4.31 Å². The van der Waals surface area contributed by atoms with Crippen molar-refractivity contribution in [2.75, 3.05) is 20.1 Å². The summed E-state index contributed by atoms with van der Waals surface area (Å²) in [5, 5.41) is 0.455. The zero-order valence-corrected chi connectivity index (χ0v) is 16.1. The summed E-state index contributed by atoms with van der Waals surface area (Å²) >= 11 is 5.96. The molecular formula is C18H27ClN2O2S. The van der Waals surface area contributed by atoms with Gasteiger partial charge in [-0.05, 0) is 69.3 Å². The predicted molar refractivity (Wildman–Crippen MR) is 97.8 cm³/mol. The van der Waals surface area contributed by atoms with E-state index >= 15 is 0 Å². The first kappa shape index (κ1) is 18.2. The maximum Gasteiger partial charge on any atom is 0.243 e. The van der Waals surface area contributed by atoms with E-state index in [4.69, 9.17) is 11.6 Å². The number of benzene rings is 1. The Hall–Kier alpha value is -0.620. The van der Waals surface area contributed by atoms with Crippen LogP contribution in [0.5, 0.6) is 0 Å². The van der Waals surface area contributed by atoms with Crippen molar-refractivity contribution < 1.29 is 8.42 Å². The molecule has 2 atom stereocenters. The highest BCUT2D eigenvalue weighted by atomic mass is 35.5. The lowest BCUT2D eigenvalue weighted by Crippen LogP contribution is -2.41. The largest absolute Gasteiger partial charge is 0.300 e. The number of hydrogen-bond acceptors (Lipinski definition) is 3. The van der Waals surface area contributed by atoms with Gasteiger partial charge in [-0.1, -0.05) is 24.6 Å². The Morgan fingerprint density at radius 2 is 1.88 bits per heavy atom. The van der Waals surface area contributed by atoms with Crippen molar-refractivity contribution in [3.05, 3.63) is 29.3 Å². The van der Waals surface area contributed by atoms with Crippen LogP contribution in [-0.2, 0) is 10.0 Å². The zero-order chi connectivity index (χ0) is 17.3. The smallest absolute Gasteiger partial charge is 0.243 e. The number of sulfonamides is 1. The molecule has 2 aliphatic rings. The van der Waals surface area contributed by atoms with Gasteiger partial charge in [0.05, 0.1) is 4.90 Å². The van der Waals surface area contributed by atoms with Crippen LogP contribution in [0.4, 0.5) is 0 Å². The monoisotopic (exact) mass is 370 g/mol. The fraction of sp³-hybridized carbons (Fsp3) is 0.667. The lowest BCUT2D eigenvalue weighted by atomic mass is 9.97. The molecule has 0 radical (unpaired) electrons. The molecule has 6 heteroatoms. The van der Waals surface area contributed by atoms with Gasteiger partial charge in [0.15, 0.2) is 0 Å². The number of hydrogen-bond donors (Lipinski definition) is 0. The Labute approximate surface area is 150 Å². The van der Waals surface area contributed by atoms with Crippen molar-refractivity contribution in [1.82, 2.24) is 9.21 Å². The van der Waals surface area contributed by atoms with E-state index in [1.54, 1.807) is 29.6 Å². The van der Waals surface area contributed by atoms with Crippen LogP contribution in [0, 0.1) is 5.92 Å². The van der Waals surface area contributed by atoms with Crippen LogP contribution in [0.15, 0.2) is 29.2 Å². The second kappa shape index (κ2) is 7.32. The predicted octanol–water partition coefficient (Wildman–Crippen LogP) is 3.61. The van der Waals surface area contributed by atoms with Crippen LogP contribution in [-0.4, -0.2) is 49.8 Å². The highest BCUT2D eigenvalue weighted by Gasteiger charge is 2.37. The molecule has 134 valence electrons. The van der Waals surface area contributed by atoms with E-state index < -0.39 is 10.0 Å². The lowest BCUT2D eigenvalue weighted by molar-refractivity contribution is 0.136. The standard InChI is InChI=1S/C18H27ClN2O2S/c1-14-8-10-21(11-9-14)17-7-6-16(13-17)20(2)24(22,23)18-5-3-4-15(19)12-18/h3-5,12,14,16-17H,6-11,13H2,1-2H3/t16-,17+/m0/s1. The summed E-state index contributed by atoms with van der Waals surface area (Å²) in [6.45, 7) is 4.63. The molecule has 0 spiro atoms. The molecule has 0 aromatic heterocycles. The second-order valence-corrected chi connectivity index (χ2v) is 9.75. The third-order valence-corrected chi connectivity index (χ3v) is 7.84. The van der Waals surface area contributed by atoms with Gasteiger partial charge < -0.3 is 4.90 Å². The number of likely N-dealkylation sites (tertiary alicyclic amines) is 1. The molecule has 0 N–H and O–H groups in total. The van der Waals surface area contributed by atoms with Gasteiger partial charge in [0.1, 0.15) is 0 Å². The van der Waals surface area contributed by atoms with E-state index in [0.717, 1.165) is 38.3 Å². The molecule has 1 saturated heterocycles. The molecule has 1 aliphatic heterocycles. The van der Waals surface area contributed by atoms with Gasteiger partial charge in [-0.15, -0.1) is 0 Å². The fourth-order valence-corrected chi connectivity index (χ4v) is 5.68. The molecule has 0 unspecified atom stereocenters. The molecule has 1 heterocycles. The SMILES string of the molecule is CC1CCN([C@@H]2CC[C@H](N(C)S(=O)(=O)c3cccc(Cl)c3)C2)CC1. The molecule has 2 fully saturated rings. The van der Waals surface area contributed by atoms with Crippen molar-refractivity contribution in [1.29, 1.82) is 0 Å². The van der Waals surface area contributed by atoms with Gasteiger partial charge in [0, 0.05) is 24.2 Å². The van der Waals surface area contributed by atoms with Crippen LogP contribution < -0.4 is 0 Å². The average molecular weight is 371 g/mol. The molecule has 0 bridgehead atoms. The minimum atomic E-state index is -3.48. The number of nitrogens with zero attached hydrogens (tertiary/aromatic N) is 2. The van der Waals surface area contributed by atoms with E-state index in [9.17, 15) is 8.42 Å². The summed E-state index contributed by atoms with van der Waals surface area (Å²) in [7, 11) is -1.77. The molecular weight excluding hydrogens is 344 g/mol. The lowest BCUT2D eigenvalue weighted by Gasteiger charge is -2.35. The molecule has 24 heavy (non-hydrogen) atoms.